The number of aryl methyl sites for hydroxylation is 1. The Morgan fingerprint density at radius 1 is 1.15 bits per heavy atom. The van der Waals surface area contributed by atoms with E-state index in [4.69, 9.17) is 16.3 Å². The van der Waals surface area contributed by atoms with Gasteiger partial charge in [0.15, 0.2) is 0 Å². The predicted octanol–water partition coefficient (Wildman–Crippen LogP) is 3.06. The second-order valence-electron chi connectivity index (χ2n) is 6.38. The average Bonchev–Trinajstić information content (AvgIpc) is 2.65. The largest absolute Gasteiger partial charge is 0.379 e. The van der Waals surface area contributed by atoms with Gasteiger partial charge in [0.2, 0.25) is 10.0 Å². The molecule has 1 heterocycles. The molecule has 2 aromatic rings. The van der Waals surface area contributed by atoms with E-state index in [1.54, 1.807) is 42.5 Å². The van der Waals surface area contributed by atoms with E-state index in [0.717, 1.165) is 5.56 Å². The summed E-state index contributed by atoms with van der Waals surface area (Å²) < 4.78 is 31.6. The summed E-state index contributed by atoms with van der Waals surface area (Å²) in [5.74, 6) is -0.353. The average molecular weight is 409 g/mol. The van der Waals surface area contributed by atoms with E-state index in [1.165, 1.54) is 4.31 Å². The van der Waals surface area contributed by atoms with Gasteiger partial charge in [0.25, 0.3) is 5.91 Å². The van der Waals surface area contributed by atoms with E-state index >= 15 is 0 Å². The Hall–Kier alpha value is -1.93. The molecule has 0 aromatic heterocycles. The summed E-state index contributed by atoms with van der Waals surface area (Å²) in [4.78, 5) is 12.4. The number of morpholine rings is 1. The topological polar surface area (TPSA) is 75.7 Å². The lowest BCUT2D eigenvalue weighted by molar-refractivity contribution is 0.0729. The van der Waals surface area contributed by atoms with Crippen molar-refractivity contribution in [2.24, 2.45) is 0 Å². The number of ether oxygens (including phenoxy) is 1. The smallest absolute Gasteiger partial charge is 0.255 e. The molecule has 1 saturated heterocycles. The summed E-state index contributed by atoms with van der Waals surface area (Å²) in [6.07, 6.45) is 0. The highest BCUT2D eigenvalue weighted by atomic mass is 35.5. The van der Waals surface area contributed by atoms with E-state index in [2.05, 4.69) is 5.32 Å². The lowest BCUT2D eigenvalue weighted by Gasteiger charge is -2.26. The van der Waals surface area contributed by atoms with Crippen molar-refractivity contribution in [1.82, 2.24) is 4.31 Å². The number of hydrogen-bond acceptors (Lipinski definition) is 4. The second-order valence-corrected chi connectivity index (χ2v) is 8.78. The maximum absolute atomic E-state index is 12.5. The molecule has 2 aromatic carbocycles. The number of amides is 1. The van der Waals surface area contributed by atoms with Crippen molar-refractivity contribution in [1.29, 1.82) is 0 Å². The maximum Gasteiger partial charge on any atom is 0.255 e. The molecule has 1 amide bonds. The monoisotopic (exact) mass is 408 g/mol. The van der Waals surface area contributed by atoms with Crippen LogP contribution in [-0.4, -0.2) is 44.9 Å². The van der Waals surface area contributed by atoms with Crippen LogP contribution >= 0.6 is 11.6 Å². The van der Waals surface area contributed by atoms with Crippen LogP contribution in [0, 0.1) is 6.92 Å². The fourth-order valence-electron chi connectivity index (χ4n) is 2.84. The van der Waals surface area contributed by atoms with Crippen LogP contribution in [0.1, 0.15) is 21.5 Å². The molecule has 1 aliphatic heterocycles. The Bertz CT molecular complexity index is 923. The van der Waals surface area contributed by atoms with Gasteiger partial charge in [-0.05, 0) is 48.4 Å². The van der Waals surface area contributed by atoms with Gasteiger partial charge < -0.3 is 10.1 Å². The molecule has 144 valence electrons. The highest BCUT2D eigenvalue weighted by Crippen LogP contribution is 2.20. The van der Waals surface area contributed by atoms with E-state index < -0.39 is 10.0 Å². The zero-order valence-electron chi connectivity index (χ0n) is 14.9. The van der Waals surface area contributed by atoms with Crippen molar-refractivity contribution in [2.45, 2.75) is 12.7 Å². The fraction of sp³-hybridized carbons (Fsp3) is 0.316. The molecular formula is C19H21ClN2O4S. The van der Waals surface area contributed by atoms with Gasteiger partial charge in [0.1, 0.15) is 0 Å². The third-order valence-electron chi connectivity index (χ3n) is 4.37. The van der Waals surface area contributed by atoms with Gasteiger partial charge in [-0.25, -0.2) is 8.42 Å². The first-order valence-electron chi connectivity index (χ1n) is 8.57. The van der Waals surface area contributed by atoms with Crippen LogP contribution in [0.15, 0.2) is 42.5 Å². The summed E-state index contributed by atoms with van der Waals surface area (Å²) in [5.41, 5.74) is 2.64. The summed E-state index contributed by atoms with van der Waals surface area (Å²) in [5, 5.41) is 3.44. The molecule has 0 radical (unpaired) electrons. The molecule has 0 aliphatic carbocycles. The van der Waals surface area contributed by atoms with Gasteiger partial charge in [-0.2, -0.15) is 4.31 Å². The van der Waals surface area contributed by atoms with Crippen LogP contribution in [0.25, 0.3) is 0 Å². The quantitative estimate of drug-likeness (QED) is 0.824. The van der Waals surface area contributed by atoms with Crippen molar-refractivity contribution >= 4 is 33.2 Å². The number of benzene rings is 2. The molecule has 1 N–H and O–H groups in total. The number of carbonyl (C=O) groups excluding carboxylic acids is 1. The zero-order valence-corrected chi connectivity index (χ0v) is 16.5. The van der Waals surface area contributed by atoms with Crippen LogP contribution < -0.4 is 5.32 Å². The molecule has 0 saturated carbocycles. The molecule has 8 heteroatoms. The third kappa shape index (κ3) is 5.07. The van der Waals surface area contributed by atoms with Crippen molar-refractivity contribution in [2.75, 3.05) is 31.6 Å². The van der Waals surface area contributed by atoms with Crippen molar-refractivity contribution in [3.8, 4) is 0 Å². The minimum absolute atomic E-state index is 0.0921. The molecule has 1 fully saturated rings. The first-order valence-corrected chi connectivity index (χ1v) is 10.6. The maximum atomic E-state index is 12.5. The normalized spacial score (nSPS) is 15.5. The molecule has 1 aliphatic rings. The van der Waals surface area contributed by atoms with Crippen LogP contribution in [0.5, 0.6) is 0 Å². The number of anilines is 1. The summed E-state index contributed by atoms with van der Waals surface area (Å²) in [6, 6.07) is 11.8. The number of hydrogen-bond donors (Lipinski definition) is 1. The molecule has 27 heavy (non-hydrogen) atoms. The Morgan fingerprint density at radius 2 is 1.81 bits per heavy atom. The number of nitrogens with one attached hydrogen (secondary N) is 1. The van der Waals surface area contributed by atoms with Crippen LogP contribution in [0.4, 0.5) is 5.69 Å². The van der Waals surface area contributed by atoms with Crippen LogP contribution in [0.2, 0.25) is 5.02 Å². The molecule has 0 bridgehead atoms. The molecule has 3 rings (SSSR count). The van der Waals surface area contributed by atoms with E-state index in [0.29, 0.717) is 48.1 Å². The lowest BCUT2D eigenvalue weighted by atomic mass is 10.1. The zero-order chi connectivity index (χ0) is 19.4. The summed E-state index contributed by atoms with van der Waals surface area (Å²) in [7, 11) is -3.39. The van der Waals surface area contributed by atoms with E-state index in [1.807, 2.05) is 6.92 Å². The highest BCUT2D eigenvalue weighted by Gasteiger charge is 2.24. The molecule has 0 unspecified atom stereocenters. The van der Waals surface area contributed by atoms with Gasteiger partial charge in [-0.3, -0.25) is 4.79 Å². The minimum Gasteiger partial charge on any atom is -0.379 e. The summed E-state index contributed by atoms with van der Waals surface area (Å²) >= 11 is 5.92. The van der Waals surface area contributed by atoms with Gasteiger partial charge in [0.05, 0.1) is 19.0 Å². The van der Waals surface area contributed by atoms with Gasteiger partial charge in [-0.15, -0.1) is 0 Å². The Kier molecular flexibility index (Phi) is 6.16. The van der Waals surface area contributed by atoms with Gasteiger partial charge in [0, 0.05) is 29.4 Å². The molecule has 0 spiro atoms. The molecule has 6 nitrogen and oxygen atoms in total. The van der Waals surface area contributed by atoms with Gasteiger partial charge in [-0.1, -0.05) is 23.7 Å². The van der Waals surface area contributed by atoms with E-state index in [9.17, 15) is 13.2 Å². The number of carbonyl (C=O) groups is 1. The van der Waals surface area contributed by atoms with Crippen molar-refractivity contribution < 1.29 is 17.9 Å². The number of halogens is 1. The van der Waals surface area contributed by atoms with E-state index in [-0.39, 0.29) is 11.7 Å². The van der Waals surface area contributed by atoms with Crippen LogP contribution in [-0.2, 0) is 20.5 Å². The van der Waals surface area contributed by atoms with Gasteiger partial charge >= 0.3 is 0 Å². The van der Waals surface area contributed by atoms with Crippen molar-refractivity contribution in [3.63, 3.8) is 0 Å². The minimum atomic E-state index is -3.39. The Morgan fingerprint density at radius 3 is 2.44 bits per heavy atom. The number of nitrogens with zero attached hydrogens (tertiary/aromatic N) is 1. The number of rotatable bonds is 5. The predicted molar refractivity (Wildman–Crippen MR) is 106 cm³/mol. The van der Waals surface area contributed by atoms with Crippen molar-refractivity contribution in [3.05, 3.63) is 64.2 Å². The second kappa shape index (κ2) is 8.39. The molecule has 0 atom stereocenters. The van der Waals surface area contributed by atoms with Crippen LogP contribution in [0.3, 0.4) is 0 Å². The fourth-order valence-corrected chi connectivity index (χ4v) is 4.57. The highest BCUT2D eigenvalue weighted by molar-refractivity contribution is 7.88. The standard InChI is InChI=1S/C19H21ClN2O4S/c1-14-12-17(20)6-7-18(14)21-19(23)16-4-2-15(3-5-16)13-27(24,25)22-8-10-26-11-9-22/h2-7,12H,8-11,13H2,1H3,(H,21,23). The SMILES string of the molecule is Cc1cc(Cl)ccc1NC(=O)c1ccc(CS(=O)(=O)N2CCOCC2)cc1. The third-order valence-corrected chi connectivity index (χ3v) is 6.45. The summed E-state index contributed by atoms with van der Waals surface area (Å²) in [6.45, 7) is 3.46. The number of sulfonamides is 1. The Labute approximate surface area is 164 Å². The first kappa shape index (κ1) is 19.8. The Balaban J connectivity index is 1.66. The lowest BCUT2D eigenvalue weighted by Crippen LogP contribution is -2.41. The first-order chi connectivity index (χ1) is 12.8. The molecular weight excluding hydrogens is 388 g/mol.